The van der Waals surface area contributed by atoms with Crippen LogP contribution in [0, 0.1) is 5.92 Å². The van der Waals surface area contributed by atoms with E-state index in [2.05, 4.69) is 28.8 Å². The molecule has 2 aliphatic heterocycles. The van der Waals surface area contributed by atoms with E-state index >= 15 is 0 Å². The van der Waals surface area contributed by atoms with Crippen LogP contribution in [0.1, 0.15) is 28.3 Å². The summed E-state index contributed by atoms with van der Waals surface area (Å²) in [7, 11) is 1.65. The third-order valence-electron chi connectivity index (χ3n) is 5.20. The predicted molar refractivity (Wildman–Crippen MR) is 94.5 cm³/mol. The van der Waals surface area contributed by atoms with Crippen LogP contribution in [0.2, 0.25) is 0 Å². The highest BCUT2D eigenvalue weighted by atomic mass is 16.5. The number of ether oxygens (including phenoxy) is 1. The van der Waals surface area contributed by atoms with Crippen LogP contribution in [-0.4, -0.2) is 32.7 Å². The summed E-state index contributed by atoms with van der Waals surface area (Å²) in [4.78, 5) is 11.7. The SMILES string of the molecule is CNC(=O)c1ccc(-c2cccc3c2OCC[C@@H]2CNC[C@@H]32)cc1. The molecule has 2 N–H and O–H groups in total. The Morgan fingerprint density at radius 1 is 1.17 bits per heavy atom. The molecular formula is C20H22N2O2. The number of nitrogens with one attached hydrogen (secondary N) is 2. The summed E-state index contributed by atoms with van der Waals surface area (Å²) < 4.78 is 6.16. The Morgan fingerprint density at radius 2 is 2.00 bits per heavy atom. The van der Waals surface area contributed by atoms with Crippen molar-refractivity contribution in [1.29, 1.82) is 0 Å². The fraction of sp³-hybridized carbons (Fsp3) is 0.350. The molecule has 1 amide bonds. The fourth-order valence-electron chi connectivity index (χ4n) is 3.89. The van der Waals surface area contributed by atoms with Crippen molar-refractivity contribution in [1.82, 2.24) is 10.6 Å². The van der Waals surface area contributed by atoms with Gasteiger partial charge in [0.1, 0.15) is 5.75 Å². The number of rotatable bonds is 2. The molecule has 2 aromatic rings. The van der Waals surface area contributed by atoms with Crippen molar-refractivity contribution in [3.8, 4) is 16.9 Å². The maximum atomic E-state index is 11.7. The van der Waals surface area contributed by atoms with E-state index in [-0.39, 0.29) is 5.91 Å². The van der Waals surface area contributed by atoms with Crippen LogP contribution in [0.4, 0.5) is 0 Å². The molecule has 2 aliphatic rings. The molecule has 4 rings (SSSR count). The molecule has 0 saturated carbocycles. The lowest BCUT2D eigenvalue weighted by Crippen LogP contribution is -2.17. The number of amides is 1. The van der Waals surface area contributed by atoms with Gasteiger partial charge < -0.3 is 15.4 Å². The number of carbonyl (C=O) groups excluding carboxylic acids is 1. The molecule has 1 saturated heterocycles. The topological polar surface area (TPSA) is 50.4 Å². The Bertz CT molecular complexity index is 755. The zero-order valence-corrected chi connectivity index (χ0v) is 13.8. The van der Waals surface area contributed by atoms with Gasteiger partial charge in [-0.05, 0) is 42.1 Å². The Morgan fingerprint density at radius 3 is 2.79 bits per heavy atom. The lowest BCUT2D eigenvalue weighted by atomic mass is 9.86. The van der Waals surface area contributed by atoms with Crippen molar-refractivity contribution in [3.05, 3.63) is 53.6 Å². The lowest BCUT2D eigenvalue weighted by Gasteiger charge is -2.18. The molecule has 0 spiro atoms. The summed E-state index contributed by atoms with van der Waals surface area (Å²) in [5, 5.41) is 6.17. The van der Waals surface area contributed by atoms with Gasteiger partial charge in [-0.2, -0.15) is 0 Å². The molecule has 4 nitrogen and oxygen atoms in total. The van der Waals surface area contributed by atoms with Crippen molar-refractivity contribution in [2.75, 3.05) is 26.7 Å². The van der Waals surface area contributed by atoms with Gasteiger partial charge in [0, 0.05) is 30.6 Å². The second kappa shape index (κ2) is 6.29. The molecule has 2 heterocycles. The van der Waals surface area contributed by atoms with E-state index in [0.29, 0.717) is 17.4 Å². The van der Waals surface area contributed by atoms with E-state index in [0.717, 1.165) is 43.0 Å². The third kappa shape index (κ3) is 2.57. The van der Waals surface area contributed by atoms with Gasteiger partial charge >= 0.3 is 0 Å². The molecule has 124 valence electrons. The Hall–Kier alpha value is -2.33. The minimum absolute atomic E-state index is 0.0652. The van der Waals surface area contributed by atoms with Crippen LogP contribution >= 0.6 is 0 Å². The predicted octanol–water partition coefficient (Wildman–Crippen LogP) is 2.80. The minimum atomic E-state index is -0.0652. The molecular weight excluding hydrogens is 300 g/mol. The largest absolute Gasteiger partial charge is 0.493 e. The van der Waals surface area contributed by atoms with E-state index in [4.69, 9.17) is 4.74 Å². The normalized spacial score (nSPS) is 22.0. The zero-order chi connectivity index (χ0) is 16.5. The van der Waals surface area contributed by atoms with Crippen molar-refractivity contribution in [2.45, 2.75) is 12.3 Å². The first kappa shape index (κ1) is 15.2. The molecule has 0 bridgehead atoms. The highest BCUT2D eigenvalue weighted by Gasteiger charge is 2.33. The van der Waals surface area contributed by atoms with E-state index in [9.17, 15) is 4.79 Å². The van der Waals surface area contributed by atoms with Gasteiger partial charge in [-0.25, -0.2) is 0 Å². The average Bonchev–Trinajstić information content (AvgIpc) is 3.02. The maximum Gasteiger partial charge on any atom is 0.251 e. The fourth-order valence-corrected chi connectivity index (χ4v) is 3.89. The molecule has 0 unspecified atom stereocenters. The van der Waals surface area contributed by atoms with Gasteiger partial charge in [-0.15, -0.1) is 0 Å². The molecule has 2 aromatic carbocycles. The van der Waals surface area contributed by atoms with Crippen molar-refractivity contribution in [3.63, 3.8) is 0 Å². The van der Waals surface area contributed by atoms with Crippen molar-refractivity contribution >= 4 is 5.91 Å². The number of carbonyl (C=O) groups is 1. The first-order chi connectivity index (χ1) is 11.8. The lowest BCUT2D eigenvalue weighted by molar-refractivity contribution is 0.0963. The molecule has 1 fully saturated rings. The number of hydrogen-bond donors (Lipinski definition) is 2. The van der Waals surface area contributed by atoms with Gasteiger partial charge in [0.05, 0.1) is 6.61 Å². The zero-order valence-electron chi connectivity index (χ0n) is 13.8. The Balaban J connectivity index is 1.74. The van der Waals surface area contributed by atoms with Crippen molar-refractivity contribution < 1.29 is 9.53 Å². The van der Waals surface area contributed by atoms with E-state index < -0.39 is 0 Å². The summed E-state index contributed by atoms with van der Waals surface area (Å²) in [5.41, 5.74) is 4.19. The molecule has 2 atom stereocenters. The minimum Gasteiger partial charge on any atom is -0.493 e. The first-order valence-electron chi connectivity index (χ1n) is 8.57. The van der Waals surface area contributed by atoms with Crippen LogP contribution in [0.25, 0.3) is 11.1 Å². The van der Waals surface area contributed by atoms with Crippen LogP contribution in [0.3, 0.4) is 0 Å². The molecule has 0 radical (unpaired) electrons. The van der Waals surface area contributed by atoms with Gasteiger partial charge in [-0.3, -0.25) is 4.79 Å². The van der Waals surface area contributed by atoms with Crippen LogP contribution in [0.5, 0.6) is 5.75 Å². The Labute approximate surface area is 142 Å². The average molecular weight is 322 g/mol. The van der Waals surface area contributed by atoms with E-state index in [1.54, 1.807) is 7.05 Å². The Kier molecular flexibility index (Phi) is 3.98. The molecule has 24 heavy (non-hydrogen) atoms. The molecule has 0 aliphatic carbocycles. The van der Waals surface area contributed by atoms with Gasteiger partial charge in [-0.1, -0.05) is 30.3 Å². The second-order valence-electron chi connectivity index (χ2n) is 6.54. The summed E-state index contributed by atoms with van der Waals surface area (Å²) in [5.74, 6) is 2.15. The standard InChI is InChI=1S/C20H22N2O2/c1-21-20(23)14-7-5-13(6-8-14)16-3-2-4-17-18-12-22-11-15(18)9-10-24-19(16)17/h2-8,15,18,22H,9-12H2,1H3,(H,21,23)/t15-,18-/m1/s1. The van der Waals surface area contributed by atoms with Gasteiger partial charge in [0.25, 0.3) is 5.91 Å². The summed E-state index contributed by atoms with van der Waals surface area (Å²) in [6, 6.07) is 14.2. The maximum absolute atomic E-state index is 11.7. The van der Waals surface area contributed by atoms with Crippen LogP contribution in [0.15, 0.2) is 42.5 Å². The van der Waals surface area contributed by atoms with Gasteiger partial charge in [0.2, 0.25) is 0 Å². The van der Waals surface area contributed by atoms with Crippen LogP contribution in [-0.2, 0) is 0 Å². The van der Waals surface area contributed by atoms with Gasteiger partial charge in [0.15, 0.2) is 0 Å². The number of para-hydroxylation sites is 1. The first-order valence-corrected chi connectivity index (χ1v) is 8.57. The number of benzene rings is 2. The smallest absolute Gasteiger partial charge is 0.251 e. The summed E-state index contributed by atoms with van der Waals surface area (Å²) in [6.45, 7) is 2.88. The monoisotopic (exact) mass is 322 g/mol. The molecule has 0 aromatic heterocycles. The highest BCUT2D eigenvalue weighted by molar-refractivity contribution is 5.94. The number of fused-ring (bicyclic) bond motifs is 3. The van der Waals surface area contributed by atoms with E-state index in [1.165, 1.54) is 5.56 Å². The molecule has 4 heteroatoms. The summed E-state index contributed by atoms with van der Waals surface area (Å²) in [6.07, 6.45) is 1.10. The number of hydrogen-bond acceptors (Lipinski definition) is 3. The van der Waals surface area contributed by atoms with Crippen molar-refractivity contribution in [2.24, 2.45) is 5.92 Å². The van der Waals surface area contributed by atoms with E-state index in [1.807, 2.05) is 24.3 Å². The third-order valence-corrected chi connectivity index (χ3v) is 5.20. The quantitative estimate of drug-likeness (QED) is 0.894. The summed E-state index contributed by atoms with van der Waals surface area (Å²) >= 11 is 0. The van der Waals surface area contributed by atoms with Crippen LogP contribution < -0.4 is 15.4 Å². The second-order valence-corrected chi connectivity index (χ2v) is 6.54. The highest BCUT2D eigenvalue weighted by Crippen LogP contribution is 2.43.